The lowest BCUT2D eigenvalue weighted by Gasteiger charge is -2.02. The lowest BCUT2D eigenvalue weighted by atomic mass is 10.1. The molecule has 0 aliphatic rings. The van der Waals surface area contributed by atoms with E-state index >= 15 is 0 Å². The first-order valence-corrected chi connectivity index (χ1v) is 3.82. The van der Waals surface area contributed by atoms with Crippen molar-refractivity contribution in [3.8, 4) is 0 Å². The molecule has 0 fully saturated rings. The van der Waals surface area contributed by atoms with Crippen LogP contribution in [0.25, 0.3) is 10.9 Å². The second-order valence-corrected chi connectivity index (χ2v) is 2.63. The van der Waals surface area contributed by atoms with Crippen molar-refractivity contribution in [2.75, 3.05) is 0 Å². The van der Waals surface area contributed by atoms with Crippen LogP contribution in [0.4, 0.5) is 8.78 Å². The molecule has 0 aliphatic heterocycles. The molecule has 1 aromatic carbocycles. The third-order valence-electron chi connectivity index (χ3n) is 1.82. The van der Waals surface area contributed by atoms with Gasteiger partial charge >= 0.3 is 0 Å². The summed E-state index contributed by atoms with van der Waals surface area (Å²) in [4.78, 5) is 3.89. The summed E-state index contributed by atoms with van der Waals surface area (Å²) in [5.41, 5.74) is 0.300. The zero-order chi connectivity index (χ0) is 9.26. The average Bonchev–Trinajstić information content (AvgIpc) is 2.17. The maximum atomic E-state index is 12.4. The molecular weight excluding hydrogens is 172 g/mol. The molecule has 0 spiro atoms. The Morgan fingerprint density at radius 3 is 2.92 bits per heavy atom. The predicted octanol–water partition coefficient (Wildman–Crippen LogP) is 2.97. The number of aromatic nitrogens is 1. The van der Waals surface area contributed by atoms with Gasteiger partial charge in [-0.25, -0.2) is 8.78 Å². The Kier molecular flexibility index (Phi) is 1.93. The van der Waals surface area contributed by atoms with Crippen molar-refractivity contribution in [2.45, 2.75) is 6.43 Å². The monoisotopic (exact) mass is 178 g/mol. The second-order valence-electron chi connectivity index (χ2n) is 2.63. The summed E-state index contributed by atoms with van der Waals surface area (Å²) in [6, 6.07) is 9.11. The minimum atomic E-state index is -2.48. The van der Waals surface area contributed by atoms with E-state index in [-0.39, 0.29) is 5.56 Å². The van der Waals surface area contributed by atoms with Gasteiger partial charge in [0.15, 0.2) is 0 Å². The summed E-state index contributed by atoms with van der Waals surface area (Å²) in [5, 5.41) is 0.625. The number of alkyl halides is 2. The number of hydrogen-bond donors (Lipinski definition) is 0. The Morgan fingerprint density at radius 2 is 2.15 bits per heavy atom. The molecule has 1 aromatic heterocycles. The van der Waals surface area contributed by atoms with Gasteiger partial charge in [-0.3, -0.25) is 4.98 Å². The van der Waals surface area contributed by atoms with Gasteiger partial charge in [-0.1, -0.05) is 18.2 Å². The fraction of sp³-hybridized carbons (Fsp3) is 0.100. The van der Waals surface area contributed by atoms with E-state index in [0.29, 0.717) is 10.9 Å². The molecule has 65 valence electrons. The average molecular weight is 178 g/mol. The van der Waals surface area contributed by atoms with Crippen molar-refractivity contribution in [2.24, 2.45) is 0 Å². The maximum absolute atomic E-state index is 12.4. The van der Waals surface area contributed by atoms with Gasteiger partial charge in [0.25, 0.3) is 6.43 Å². The summed E-state index contributed by atoms with van der Waals surface area (Å²) in [6.07, 6.45) is -0.978. The van der Waals surface area contributed by atoms with Gasteiger partial charge in [0.1, 0.15) is 0 Å². The number of pyridine rings is 1. The van der Waals surface area contributed by atoms with Crippen LogP contribution in [-0.2, 0) is 0 Å². The van der Waals surface area contributed by atoms with Crippen LogP contribution >= 0.6 is 0 Å². The van der Waals surface area contributed by atoms with E-state index in [1.165, 1.54) is 18.3 Å². The summed E-state index contributed by atoms with van der Waals surface area (Å²) in [7, 11) is 0. The van der Waals surface area contributed by atoms with Crippen molar-refractivity contribution in [3.05, 3.63) is 42.1 Å². The van der Waals surface area contributed by atoms with E-state index in [1.807, 2.05) is 0 Å². The van der Waals surface area contributed by atoms with Crippen molar-refractivity contribution < 1.29 is 8.78 Å². The van der Waals surface area contributed by atoms with E-state index in [1.54, 1.807) is 12.1 Å². The molecule has 0 aliphatic carbocycles. The first-order valence-electron chi connectivity index (χ1n) is 3.82. The number of hydrogen-bond acceptors (Lipinski definition) is 1. The van der Waals surface area contributed by atoms with Crippen LogP contribution in [0.3, 0.4) is 0 Å². The van der Waals surface area contributed by atoms with E-state index in [0.717, 1.165) is 0 Å². The number of halogens is 2. The zero-order valence-corrected chi connectivity index (χ0v) is 6.67. The largest absolute Gasteiger partial charge is 0.265 e. The van der Waals surface area contributed by atoms with Gasteiger partial charge in [0.05, 0.1) is 5.52 Å². The number of rotatable bonds is 1. The fourth-order valence-corrected chi connectivity index (χ4v) is 1.23. The Morgan fingerprint density at radius 1 is 1.31 bits per heavy atom. The van der Waals surface area contributed by atoms with Crippen LogP contribution in [0, 0.1) is 6.07 Å². The van der Waals surface area contributed by atoms with Crippen molar-refractivity contribution >= 4 is 10.9 Å². The summed E-state index contributed by atoms with van der Waals surface area (Å²) in [6.45, 7) is 0. The topological polar surface area (TPSA) is 12.9 Å². The molecule has 13 heavy (non-hydrogen) atoms. The fourth-order valence-electron chi connectivity index (χ4n) is 1.23. The standard InChI is InChI=1S/C10H6F2N/c11-10(12)8-5-1-3-7-4-2-6-13-9(7)8/h1-2,4-6,10H. The normalized spacial score (nSPS) is 11.0. The van der Waals surface area contributed by atoms with Gasteiger partial charge in [-0.2, -0.15) is 0 Å². The molecule has 3 heteroatoms. The smallest absolute Gasteiger partial charge is 0.256 e. The van der Waals surface area contributed by atoms with Crippen LogP contribution in [0.1, 0.15) is 12.0 Å². The van der Waals surface area contributed by atoms with E-state index in [2.05, 4.69) is 11.1 Å². The number of fused-ring (bicyclic) bond motifs is 1. The molecule has 0 N–H and O–H groups in total. The minimum absolute atomic E-state index is 0.0330. The Hall–Kier alpha value is -1.51. The summed E-state index contributed by atoms with van der Waals surface area (Å²) in [5.74, 6) is 0. The molecular formula is C10H6F2N. The Labute approximate surface area is 74.0 Å². The molecule has 0 saturated heterocycles. The van der Waals surface area contributed by atoms with Crippen LogP contribution in [0.5, 0.6) is 0 Å². The van der Waals surface area contributed by atoms with Crippen LogP contribution in [0.2, 0.25) is 0 Å². The highest BCUT2D eigenvalue weighted by Crippen LogP contribution is 2.25. The molecule has 1 nitrogen and oxygen atoms in total. The second kappa shape index (κ2) is 3.09. The van der Waals surface area contributed by atoms with Crippen LogP contribution in [0.15, 0.2) is 30.5 Å². The first-order chi connectivity index (χ1) is 6.29. The third-order valence-corrected chi connectivity index (χ3v) is 1.82. The van der Waals surface area contributed by atoms with Crippen molar-refractivity contribution in [3.63, 3.8) is 0 Å². The molecule has 0 amide bonds. The number of benzene rings is 1. The summed E-state index contributed by atoms with van der Waals surface area (Å²) >= 11 is 0. The van der Waals surface area contributed by atoms with Gasteiger partial charge < -0.3 is 0 Å². The number of nitrogens with zero attached hydrogens (tertiary/aromatic N) is 1. The molecule has 0 unspecified atom stereocenters. The first kappa shape index (κ1) is 8.10. The Balaban J connectivity index is 2.76. The van der Waals surface area contributed by atoms with E-state index in [4.69, 9.17) is 0 Å². The lowest BCUT2D eigenvalue weighted by molar-refractivity contribution is 0.153. The van der Waals surface area contributed by atoms with Gasteiger partial charge in [0, 0.05) is 17.1 Å². The van der Waals surface area contributed by atoms with Crippen LogP contribution in [-0.4, -0.2) is 4.98 Å². The van der Waals surface area contributed by atoms with Gasteiger partial charge in [-0.15, -0.1) is 0 Å². The van der Waals surface area contributed by atoms with Crippen molar-refractivity contribution in [1.29, 1.82) is 0 Å². The maximum Gasteiger partial charge on any atom is 0.265 e. The van der Waals surface area contributed by atoms with Gasteiger partial charge in [-0.05, 0) is 12.1 Å². The molecule has 2 aromatic rings. The van der Waals surface area contributed by atoms with Crippen molar-refractivity contribution in [1.82, 2.24) is 4.98 Å². The molecule has 0 bridgehead atoms. The molecule has 2 rings (SSSR count). The molecule has 1 radical (unpaired) electrons. The SMILES string of the molecule is FC(F)c1cc[c]c2cccnc12. The highest BCUT2D eigenvalue weighted by Gasteiger charge is 2.11. The third kappa shape index (κ3) is 1.37. The molecule has 0 saturated carbocycles. The minimum Gasteiger partial charge on any atom is -0.256 e. The predicted molar refractivity (Wildman–Crippen MR) is 45.5 cm³/mol. The highest BCUT2D eigenvalue weighted by atomic mass is 19.3. The molecule has 1 heterocycles. The van der Waals surface area contributed by atoms with Crippen LogP contribution < -0.4 is 0 Å². The quantitative estimate of drug-likeness (QED) is 0.654. The lowest BCUT2D eigenvalue weighted by Crippen LogP contribution is -1.88. The highest BCUT2D eigenvalue weighted by molar-refractivity contribution is 5.81. The van der Waals surface area contributed by atoms with Gasteiger partial charge in [0.2, 0.25) is 0 Å². The summed E-state index contributed by atoms with van der Waals surface area (Å²) < 4.78 is 24.9. The van der Waals surface area contributed by atoms with E-state index in [9.17, 15) is 8.78 Å². The Bertz CT molecular complexity index is 421. The van der Waals surface area contributed by atoms with E-state index < -0.39 is 6.43 Å². The molecule has 0 atom stereocenters. The zero-order valence-electron chi connectivity index (χ0n) is 6.67.